The van der Waals surface area contributed by atoms with Crippen LogP contribution in [0, 0.1) is 0 Å². The van der Waals surface area contributed by atoms with E-state index in [4.69, 9.17) is 9.21 Å². The van der Waals surface area contributed by atoms with E-state index in [1.165, 1.54) is 11.1 Å². The second-order valence-electron chi connectivity index (χ2n) is 9.58. The first-order chi connectivity index (χ1) is 15.3. The molecule has 1 aliphatic heterocycles. The second kappa shape index (κ2) is 8.83. The number of anilines is 2. The summed E-state index contributed by atoms with van der Waals surface area (Å²) in [4.78, 5) is 1.94. The molecule has 0 saturated heterocycles. The van der Waals surface area contributed by atoms with Gasteiger partial charge in [-0.25, -0.2) is 5.01 Å². The summed E-state index contributed by atoms with van der Waals surface area (Å²) in [5, 5.41) is 6.71. The van der Waals surface area contributed by atoms with Crippen LogP contribution in [-0.2, 0) is 0 Å². The van der Waals surface area contributed by atoms with E-state index in [2.05, 4.69) is 91.8 Å². The Morgan fingerprint density at radius 2 is 1.10 bits per heavy atom. The predicted octanol–water partition coefficient (Wildman–Crippen LogP) is 7.80. The van der Waals surface area contributed by atoms with E-state index in [1.54, 1.807) is 0 Å². The molecule has 162 valence electrons. The van der Waals surface area contributed by atoms with Crippen LogP contribution < -0.4 is 9.91 Å². The van der Waals surface area contributed by atoms with Crippen LogP contribution in [0.2, 0.25) is 0 Å². The molecule has 0 spiro atoms. The predicted molar refractivity (Wildman–Crippen MR) is 132 cm³/mol. The quantitative estimate of drug-likeness (QED) is 0.485. The van der Waals surface area contributed by atoms with Gasteiger partial charge < -0.3 is 4.90 Å². The molecule has 0 aliphatic carbocycles. The average molecular weight is 409 g/mol. The number of hydrazone groups is 1. The molecule has 30 heavy (non-hydrogen) atoms. The Kier molecular flexibility index (Phi) is 5.44. The van der Waals surface area contributed by atoms with Gasteiger partial charge in [-0.2, -0.15) is 5.10 Å². The molecular formula is C27H39N3. The van der Waals surface area contributed by atoms with Gasteiger partial charge in [0.2, 0.25) is 0 Å². The Labute approximate surface area is 188 Å². The van der Waals surface area contributed by atoms with Crippen molar-refractivity contribution in [2.45, 2.75) is 85.9 Å². The highest BCUT2D eigenvalue weighted by Gasteiger charge is 2.30. The summed E-state index contributed by atoms with van der Waals surface area (Å²) < 4.78 is 25.0. The minimum atomic E-state index is -2.32. The summed E-state index contributed by atoms with van der Waals surface area (Å²) in [7, 11) is 0. The number of benzene rings is 2. The summed E-state index contributed by atoms with van der Waals surface area (Å²) in [6.45, 7) is 15.4. The van der Waals surface area contributed by atoms with Gasteiger partial charge >= 0.3 is 0 Å². The maximum atomic E-state index is 8.33. The number of para-hydroxylation sites is 2. The van der Waals surface area contributed by atoms with Crippen molar-refractivity contribution in [1.29, 1.82) is 0 Å². The lowest BCUT2D eigenvalue weighted by Gasteiger charge is -2.30. The van der Waals surface area contributed by atoms with Crippen molar-refractivity contribution >= 4 is 17.2 Å². The number of nitrogens with zero attached hydrogens (tertiary/aromatic N) is 3. The first-order valence-corrected chi connectivity index (χ1v) is 11.2. The molecule has 0 saturated carbocycles. The first-order valence-electron chi connectivity index (χ1n) is 12.7. The lowest BCUT2D eigenvalue weighted by atomic mass is 9.91. The Morgan fingerprint density at radius 3 is 1.47 bits per heavy atom. The minimum Gasteiger partial charge on any atom is -0.308 e. The maximum Gasteiger partial charge on any atom is 0.128 e. The third-order valence-electron chi connectivity index (χ3n) is 5.96. The molecule has 0 bridgehead atoms. The highest BCUT2D eigenvalue weighted by molar-refractivity contribution is 6.00. The molecule has 0 radical (unpaired) electrons. The number of hydrogen-bond donors (Lipinski definition) is 0. The van der Waals surface area contributed by atoms with E-state index >= 15 is 0 Å². The van der Waals surface area contributed by atoms with Crippen molar-refractivity contribution < 1.29 is 4.11 Å². The molecule has 0 atom stereocenters. The molecule has 0 fully saturated rings. The van der Waals surface area contributed by atoms with Gasteiger partial charge in [0.25, 0.3) is 0 Å². The smallest absolute Gasteiger partial charge is 0.128 e. The van der Waals surface area contributed by atoms with Crippen molar-refractivity contribution in [2.75, 3.05) is 16.6 Å². The summed E-state index contributed by atoms with van der Waals surface area (Å²) in [6, 6.07) is 12.7. The van der Waals surface area contributed by atoms with Gasteiger partial charge in [-0.3, -0.25) is 0 Å². The van der Waals surface area contributed by atoms with Crippen LogP contribution in [0.4, 0.5) is 11.4 Å². The Balaban J connectivity index is 2.25. The summed E-state index contributed by atoms with van der Waals surface area (Å²) in [5.41, 5.74) is 6.73. The van der Waals surface area contributed by atoms with Crippen LogP contribution in [0.1, 0.15) is 112 Å². The van der Waals surface area contributed by atoms with Crippen molar-refractivity contribution in [2.24, 2.45) is 5.10 Å². The van der Waals surface area contributed by atoms with Gasteiger partial charge in [-0.1, -0.05) is 91.8 Å². The summed E-state index contributed by atoms with van der Waals surface area (Å²) >= 11 is 0. The van der Waals surface area contributed by atoms with E-state index in [9.17, 15) is 0 Å². The zero-order chi connectivity index (χ0) is 24.7. The molecule has 2 aromatic carbocycles. The standard InChI is InChI=1S/C27H39N3/c1-17(2)22-12-10-13-23(18(3)4)26(22)29-16-30(28-21(29)9)27-24(19(5)6)14-11-15-25(27)20(7)8/h10-15,17-20H,16H2,1-9H3/i9D3. The zero-order valence-corrected chi connectivity index (χ0v) is 19.8. The molecule has 3 rings (SSSR count). The van der Waals surface area contributed by atoms with Gasteiger partial charge in [0.15, 0.2) is 0 Å². The fourth-order valence-electron chi connectivity index (χ4n) is 4.33. The fraction of sp³-hybridized carbons (Fsp3) is 0.519. The third-order valence-corrected chi connectivity index (χ3v) is 5.96. The first kappa shape index (κ1) is 18.5. The molecule has 3 nitrogen and oxygen atoms in total. The van der Waals surface area contributed by atoms with Gasteiger partial charge in [0.1, 0.15) is 12.5 Å². The fourth-order valence-corrected chi connectivity index (χ4v) is 4.33. The topological polar surface area (TPSA) is 18.8 Å². The van der Waals surface area contributed by atoms with Crippen LogP contribution in [0.3, 0.4) is 0 Å². The van der Waals surface area contributed by atoms with E-state index < -0.39 is 6.85 Å². The van der Waals surface area contributed by atoms with E-state index in [1.807, 2.05) is 9.91 Å². The Hall–Kier alpha value is -2.29. The number of hydrogen-bond acceptors (Lipinski definition) is 3. The number of amidine groups is 1. The van der Waals surface area contributed by atoms with Crippen LogP contribution in [-0.4, -0.2) is 12.5 Å². The highest BCUT2D eigenvalue weighted by atomic mass is 15.6. The van der Waals surface area contributed by atoms with Crippen molar-refractivity contribution in [1.82, 2.24) is 0 Å². The molecule has 0 N–H and O–H groups in total. The third kappa shape index (κ3) is 4.12. The van der Waals surface area contributed by atoms with Gasteiger partial charge in [-0.15, -0.1) is 0 Å². The van der Waals surface area contributed by atoms with Crippen molar-refractivity contribution in [3.8, 4) is 0 Å². The Bertz CT molecular complexity index is 967. The number of rotatable bonds is 6. The minimum absolute atomic E-state index is 0.144. The van der Waals surface area contributed by atoms with Gasteiger partial charge in [0.05, 0.1) is 11.4 Å². The molecule has 3 heteroatoms. The van der Waals surface area contributed by atoms with Crippen LogP contribution in [0.25, 0.3) is 0 Å². The van der Waals surface area contributed by atoms with Gasteiger partial charge in [-0.05, 0) is 52.8 Å². The lowest BCUT2D eigenvalue weighted by Crippen LogP contribution is -2.32. The summed E-state index contributed by atoms with van der Waals surface area (Å²) in [5.74, 6) is 1.27. The van der Waals surface area contributed by atoms with E-state index in [0.29, 0.717) is 18.5 Å². The van der Waals surface area contributed by atoms with Crippen molar-refractivity contribution in [3.63, 3.8) is 0 Å². The molecule has 0 amide bonds. The molecule has 1 aliphatic rings. The average Bonchev–Trinajstić information content (AvgIpc) is 3.17. The van der Waals surface area contributed by atoms with E-state index in [0.717, 1.165) is 22.5 Å². The zero-order valence-electron chi connectivity index (χ0n) is 22.8. The van der Waals surface area contributed by atoms with E-state index in [-0.39, 0.29) is 17.7 Å². The van der Waals surface area contributed by atoms with Crippen LogP contribution in [0.5, 0.6) is 0 Å². The van der Waals surface area contributed by atoms with Crippen molar-refractivity contribution in [3.05, 3.63) is 58.7 Å². The molecule has 1 heterocycles. The highest BCUT2D eigenvalue weighted by Crippen LogP contribution is 2.40. The molecule has 0 unspecified atom stereocenters. The normalized spacial score (nSPS) is 16.5. The van der Waals surface area contributed by atoms with Crippen LogP contribution >= 0.6 is 0 Å². The molecular weight excluding hydrogens is 366 g/mol. The molecule has 0 aromatic heterocycles. The molecule has 2 aromatic rings. The lowest BCUT2D eigenvalue weighted by molar-refractivity contribution is 0.789. The monoisotopic (exact) mass is 408 g/mol. The Morgan fingerprint density at radius 1 is 0.700 bits per heavy atom. The van der Waals surface area contributed by atoms with Gasteiger partial charge in [0, 0.05) is 4.11 Å². The second-order valence-corrected chi connectivity index (χ2v) is 9.58. The summed E-state index contributed by atoms with van der Waals surface area (Å²) in [6.07, 6.45) is 0. The van der Waals surface area contributed by atoms with Crippen LogP contribution in [0.15, 0.2) is 41.5 Å². The maximum absolute atomic E-state index is 8.33. The largest absolute Gasteiger partial charge is 0.308 e. The SMILES string of the molecule is [2H]C([2H])([2H])C1=NN(c2c(C(C)C)cccc2C(C)C)CN1c1c(C(C)C)cccc1C(C)C.